The van der Waals surface area contributed by atoms with Gasteiger partial charge >= 0.3 is 0 Å². The summed E-state index contributed by atoms with van der Waals surface area (Å²) in [7, 11) is 0. The Morgan fingerprint density at radius 3 is 2.84 bits per heavy atom. The molecule has 0 spiro atoms. The zero-order valence-corrected chi connectivity index (χ0v) is 15.0. The van der Waals surface area contributed by atoms with Crippen LogP contribution >= 0.6 is 39.0 Å². The highest BCUT2D eigenvalue weighted by atomic mass is 79.9. The third-order valence-electron chi connectivity index (χ3n) is 3.96. The largest absolute Gasteiger partial charge is 0.326 e. The van der Waals surface area contributed by atoms with E-state index in [-0.39, 0.29) is 6.04 Å². The molecular weight excluding hydrogens is 338 g/mol. The molecule has 1 heterocycles. The maximum atomic E-state index is 6.38. The Kier molecular flexibility index (Phi) is 6.25. The van der Waals surface area contributed by atoms with Crippen LogP contribution in [-0.4, -0.2) is 11.3 Å². The maximum Gasteiger partial charge on any atom is 0.0701 e. The van der Waals surface area contributed by atoms with Crippen LogP contribution in [-0.2, 0) is 0 Å². The number of thioether (sulfide) groups is 1. The SMILES string of the molecule is CCC(N)C(SC1CCCC(C)C1)c1ccc(Br)s1. The average molecular weight is 362 g/mol. The van der Waals surface area contributed by atoms with Crippen molar-refractivity contribution >= 4 is 39.0 Å². The molecule has 0 amide bonds. The molecule has 2 N–H and O–H groups in total. The van der Waals surface area contributed by atoms with Crippen molar-refractivity contribution in [3.05, 3.63) is 20.8 Å². The summed E-state index contributed by atoms with van der Waals surface area (Å²) in [5, 5.41) is 1.27. The van der Waals surface area contributed by atoms with Crippen molar-refractivity contribution < 1.29 is 0 Å². The van der Waals surface area contributed by atoms with E-state index in [0.717, 1.165) is 17.6 Å². The van der Waals surface area contributed by atoms with Gasteiger partial charge in [-0.3, -0.25) is 0 Å². The fourth-order valence-corrected chi connectivity index (χ4v) is 6.34. The van der Waals surface area contributed by atoms with Gasteiger partial charge in [-0.05, 0) is 53.2 Å². The summed E-state index contributed by atoms with van der Waals surface area (Å²) in [4.78, 5) is 1.43. The molecule has 1 aromatic rings. The molecule has 1 aliphatic rings. The van der Waals surface area contributed by atoms with Crippen molar-refractivity contribution in [3.8, 4) is 0 Å². The number of halogens is 1. The molecule has 4 atom stereocenters. The second-order valence-corrected chi connectivity index (χ2v) is 9.61. The van der Waals surface area contributed by atoms with Gasteiger partial charge in [0.1, 0.15) is 0 Å². The second kappa shape index (κ2) is 7.48. The van der Waals surface area contributed by atoms with Crippen LogP contribution in [0.1, 0.15) is 56.1 Å². The first kappa shape index (κ1) is 15.9. The van der Waals surface area contributed by atoms with Crippen LogP contribution in [0.25, 0.3) is 0 Å². The van der Waals surface area contributed by atoms with Crippen LogP contribution in [0.2, 0.25) is 0 Å². The van der Waals surface area contributed by atoms with Gasteiger partial charge in [0.25, 0.3) is 0 Å². The highest BCUT2D eigenvalue weighted by molar-refractivity contribution is 9.11. The fourth-order valence-electron chi connectivity index (χ4n) is 2.78. The molecule has 4 heteroatoms. The maximum absolute atomic E-state index is 6.38. The van der Waals surface area contributed by atoms with Gasteiger partial charge in [0.05, 0.1) is 9.04 Å². The molecule has 0 radical (unpaired) electrons. The Hall–Kier alpha value is 0.490. The van der Waals surface area contributed by atoms with Crippen molar-refractivity contribution in [2.24, 2.45) is 11.7 Å². The van der Waals surface area contributed by atoms with Gasteiger partial charge in [-0.25, -0.2) is 0 Å². The standard InChI is InChI=1S/C15H24BrNS2/c1-3-12(17)15(13-7-8-14(16)19-13)18-11-6-4-5-10(2)9-11/h7-8,10-12,15H,3-6,9,17H2,1-2H3. The zero-order valence-electron chi connectivity index (χ0n) is 11.8. The molecule has 2 rings (SSSR count). The van der Waals surface area contributed by atoms with Gasteiger partial charge in [0.15, 0.2) is 0 Å². The summed E-state index contributed by atoms with van der Waals surface area (Å²) in [6, 6.07) is 4.67. The molecule has 0 saturated heterocycles. The van der Waals surface area contributed by atoms with Crippen molar-refractivity contribution in [1.82, 2.24) is 0 Å². The van der Waals surface area contributed by atoms with Crippen molar-refractivity contribution in [2.75, 3.05) is 0 Å². The molecule has 4 unspecified atom stereocenters. The second-order valence-electron chi connectivity index (χ2n) is 5.66. The van der Waals surface area contributed by atoms with Crippen LogP contribution in [0, 0.1) is 5.92 Å². The lowest BCUT2D eigenvalue weighted by Crippen LogP contribution is -2.28. The normalized spacial score (nSPS) is 27.2. The monoisotopic (exact) mass is 361 g/mol. The number of nitrogens with two attached hydrogens (primary N) is 1. The van der Waals surface area contributed by atoms with Crippen molar-refractivity contribution in [1.29, 1.82) is 0 Å². The minimum atomic E-state index is 0.271. The van der Waals surface area contributed by atoms with Gasteiger partial charge in [0.2, 0.25) is 0 Å². The summed E-state index contributed by atoms with van der Waals surface area (Å²) < 4.78 is 1.22. The Labute approximate surface area is 133 Å². The highest BCUT2D eigenvalue weighted by Gasteiger charge is 2.27. The topological polar surface area (TPSA) is 26.0 Å². The summed E-state index contributed by atoms with van der Waals surface area (Å²) in [6.45, 7) is 4.59. The Balaban J connectivity index is 2.05. The van der Waals surface area contributed by atoms with E-state index < -0.39 is 0 Å². The van der Waals surface area contributed by atoms with Crippen molar-refractivity contribution in [3.63, 3.8) is 0 Å². The van der Waals surface area contributed by atoms with E-state index in [1.165, 1.54) is 34.3 Å². The lowest BCUT2D eigenvalue weighted by molar-refractivity contribution is 0.393. The Morgan fingerprint density at radius 1 is 1.47 bits per heavy atom. The molecule has 1 aliphatic carbocycles. The molecule has 0 aromatic carbocycles. The lowest BCUT2D eigenvalue weighted by Gasteiger charge is -2.31. The van der Waals surface area contributed by atoms with E-state index in [1.807, 2.05) is 11.3 Å². The number of hydrogen-bond donors (Lipinski definition) is 1. The van der Waals surface area contributed by atoms with Gasteiger partial charge in [0, 0.05) is 16.2 Å². The molecule has 1 fully saturated rings. The van der Waals surface area contributed by atoms with E-state index in [1.54, 1.807) is 0 Å². The number of hydrogen-bond acceptors (Lipinski definition) is 3. The predicted octanol–water partition coefficient (Wildman–Crippen LogP) is 5.60. The van der Waals surface area contributed by atoms with E-state index >= 15 is 0 Å². The first-order valence-electron chi connectivity index (χ1n) is 7.26. The van der Waals surface area contributed by atoms with Gasteiger partial charge in [-0.2, -0.15) is 0 Å². The Morgan fingerprint density at radius 2 is 2.26 bits per heavy atom. The minimum Gasteiger partial charge on any atom is -0.326 e. The van der Waals surface area contributed by atoms with E-state index in [0.29, 0.717) is 5.25 Å². The molecule has 0 aliphatic heterocycles. The van der Waals surface area contributed by atoms with Crippen LogP contribution in [0.4, 0.5) is 0 Å². The van der Waals surface area contributed by atoms with E-state index in [2.05, 4.69) is 53.7 Å². The molecule has 108 valence electrons. The summed E-state index contributed by atoms with van der Waals surface area (Å²) >= 11 is 7.55. The third kappa shape index (κ3) is 4.48. The van der Waals surface area contributed by atoms with Crippen LogP contribution in [0.3, 0.4) is 0 Å². The molecule has 1 saturated carbocycles. The van der Waals surface area contributed by atoms with E-state index in [9.17, 15) is 0 Å². The third-order valence-corrected chi connectivity index (χ3v) is 7.53. The number of thiophene rings is 1. The first-order chi connectivity index (χ1) is 9.10. The quantitative estimate of drug-likeness (QED) is 0.738. The summed E-state index contributed by atoms with van der Waals surface area (Å²) in [5.74, 6) is 0.889. The smallest absolute Gasteiger partial charge is 0.0701 e. The van der Waals surface area contributed by atoms with Gasteiger partial charge in [-0.15, -0.1) is 23.1 Å². The van der Waals surface area contributed by atoms with Crippen LogP contribution in [0.15, 0.2) is 15.9 Å². The summed E-state index contributed by atoms with van der Waals surface area (Å²) in [6.07, 6.45) is 6.58. The van der Waals surface area contributed by atoms with Gasteiger partial charge < -0.3 is 5.73 Å². The minimum absolute atomic E-state index is 0.271. The molecule has 19 heavy (non-hydrogen) atoms. The summed E-state index contributed by atoms with van der Waals surface area (Å²) in [5.41, 5.74) is 6.38. The zero-order chi connectivity index (χ0) is 13.8. The first-order valence-corrected chi connectivity index (χ1v) is 9.81. The average Bonchev–Trinajstić information content (AvgIpc) is 2.81. The molecule has 1 nitrogen and oxygen atoms in total. The van der Waals surface area contributed by atoms with Gasteiger partial charge in [-0.1, -0.05) is 26.7 Å². The lowest BCUT2D eigenvalue weighted by atomic mass is 9.90. The molecule has 0 bridgehead atoms. The Bertz CT molecular complexity index is 393. The predicted molar refractivity (Wildman–Crippen MR) is 92.0 cm³/mol. The molecular formula is C15H24BrNS2. The number of rotatable bonds is 5. The van der Waals surface area contributed by atoms with Crippen molar-refractivity contribution in [2.45, 2.75) is 62.5 Å². The molecule has 1 aromatic heterocycles. The van der Waals surface area contributed by atoms with E-state index in [4.69, 9.17) is 5.73 Å². The van der Waals surface area contributed by atoms with Crippen LogP contribution in [0.5, 0.6) is 0 Å². The highest BCUT2D eigenvalue weighted by Crippen LogP contribution is 2.44. The fraction of sp³-hybridized carbons (Fsp3) is 0.733. The van der Waals surface area contributed by atoms with Crippen LogP contribution < -0.4 is 5.73 Å².